The molecule has 9 aromatic carbocycles. The molecule has 2 aromatic heterocycles. The molecule has 0 saturated heterocycles. The van der Waals surface area contributed by atoms with E-state index in [9.17, 15) is 0 Å². The summed E-state index contributed by atoms with van der Waals surface area (Å²) < 4.78 is 9.06. The SMILES string of the molecule is c1ccc(-c2ccc(N(c3ccc4ccc(-n5c6ccccc6c6ccccc65)cc4c3)c3ccc4c(c3)oc3c5ccccc5ccc43)cc2)cc1. The Morgan fingerprint density at radius 1 is 0.358 bits per heavy atom. The Morgan fingerprint density at radius 3 is 1.74 bits per heavy atom. The Bertz CT molecular complexity index is 3120. The summed E-state index contributed by atoms with van der Waals surface area (Å²) in [4.78, 5) is 2.34. The molecular formula is C50H32N2O. The molecule has 0 bridgehead atoms. The Morgan fingerprint density at radius 2 is 0.943 bits per heavy atom. The van der Waals surface area contributed by atoms with Gasteiger partial charge in [-0.25, -0.2) is 0 Å². The molecule has 53 heavy (non-hydrogen) atoms. The van der Waals surface area contributed by atoms with Gasteiger partial charge in [-0.3, -0.25) is 0 Å². The summed E-state index contributed by atoms with van der Waals surface area (Å²) >= 11 is 0. The lowest BCUT2D eigenvalue weighted by Crippen LogP contribution is -2.09. The number of aromatic nitrogens is 1. The van der Waals surface area contributed by atoms with Crippen LogP contribution in [-0.4, -0.2) is 4.57 Å². The third-order valence-electron chi connectivity index (χ3n) is 10.7. The van der Waals surface area contributed by atoms with E-state index < -0.39 is 0 Å². The van der Waals surface area contributed by atoms with Gasteiger partial charge in [0.05, 0.1) is 11.0 Å². The fraction of sp³-hybridized carbons (Fsp3) is 0. The van der Waals surface area contributed by atoms with Crippen molar-refractivity contribution in [2.45, 2.75) is 0 Å². The van der Waals surface area contributed by atoms with E-state index in [-0.39, 0.29) is 0 Å². The molecule has 0 aliphatic carbocycles. The molecule has 248 valence electrons. The first-order valence-electron chi connectivity index (χ1n) is 18.1. The first-order valence-corrected chi connectivity index (χ1v) is 18.1. The number of para-hydroxylation sites is 2. The average molecular weight is 677 g/mol. The van der Waals surface area contributed by atoms with E-state index in [1.165, 1.54) is 49.1 Å². The second-order valence-electron chi connectivity index (χ2n) is 13.8. The highest BCUT2D eigenvalue weighted by Gasteiger charge is 2.18. The van der Waals surface area contributed by atoms with E-state index in [2.05, 4.69) is 204 Å². The van der Waals surface area contributed by atoms with Crippen LogP contribution in [0.1, 0.15) is 0 Å². The van der Waals surface area contributed by atoms with Crippen LogP contribution in [-0.2, 0) is 0 Å². The molecule has 11 aromatic rings. The van der Waals surface area contributed by atoms with Crippen molar-refractivity contribution >= 4 is 82.4 Å². The lowest BCUT2D eigenvalue weighted by molar-refractivity contribution is 0.672. The van der Waals surface area contributed by atoms with Crippen molar-refractivity contribution < 1.29 is 4.42 Å². The summed E-state index contributed by atoms with van der Waals surface area (Å²) in [7, 11) is 0. The first kappa shape index (κ1) is 29.6. The molecule has 0 saturated carbocycles. The Hall–Kier alpha value is -7.10. The minimum atomic E-state index is 0.870. The summed E-state index contributed by atoms with van der Waals surface area (Å²) in [6.45, 7) is 0. The Balaban J connectivity index is 1.09. The van der Waals surface area contributed by atoms with Gasteiger partial charge in [0.2, 0.25) is 0 Å². The number of fused-ring (bicyclic) bond motifs is 9. The van der Waals surface area contributed by atoms with Gasteiger partial charge in [-0.1, -0.05) is 121 Å². The highest BCUT2D eigenvalue weighted by Crippen LogP contribution is 2.42. The summed E-state index contributed by atoms with van der Waals surface area (Å²) in [5.74, 6) is 0. The lowest BCUT2D eigenvalue weighted by atomic mass is 10.0. The minimum Gasteiger partial charge on any atom is -0.455 e. The second-order valence-corrected chi connectivity index (χ2v) is 13.8. The maximum absolute atomic E-state index is 6.67. The van der Waals surface area contributed by atoms with E-state index >= 15 is 0 Å². The minimum absolute atomic E-state index is 0.870. The van der Waals surface area contributed by atoms with Gasteiger partial charge in [0.15, 0.2) is 0 Å². The average Bonchev–Trinajstić information content (AvgIpc) is 3.77. The predicted octanol–water partition coefficient (Wildman–Crippen LogP) is 14.1. The van der Waals surface area contributed by atoms with Crippen LogP contribution in [0.25, 0.3) is 82.1 Å². The molecule has 0 radical (unpaired) electrons. The van der Waals surface area contributed by atoms with Gasteiger partial charge in [0.25, 0.3) is 0 Å². The second kappa shape index (κ2) is 11.7. The first-order chi connectivity index (χ1) is 26.3. The normalized spacial score (nSPS) is 11.8. The van der Waals surface area contributed by atoms with Crippen LogP contribution in [0, 0.1) is 0 Å². The standard InChI is InChI=1S/C50H32N2O/c1-2-10-33(11-3-1)34-18-23-38(24-19-34)51(41-27-29-45-46-28-22-36-12-4-5-13-42(36)50(46)53-49(45)32-41)39-25-20-35-21-26-40(31-37(35)30-39)52-47-16-8-6-14-43(47)44-15-7-9-17-48(44)52/h1-32H. The van der Waals surface area contributed by atoms with Crippen molar-refractivity contribution in [2.75, 3.05) is 4.90 Å². The van der Waals surface area contributed by atoms with Gasteiger partial charge >= 0.3 is 0 Å². The number of furan rings is 1. The van der Waals surface area contributed by atoms with E-state index in [0.717, 1.165) is 50.1 Å². The summed E-state index contributed by atoms with van der Waals surface area (Å²) in [5, 5.41) is 9.43. The third-order valence-corrected chi connectivity index (χ3v) is 10.7. The van der Waals surface area contributed by atoms with Crippen molar-refractivity contribution in [3.05, 3.63) is 194 Å². The highest BCUT2D eigenvalue weighted by atomic mass is 16.3. The zero-order chi connectivity index (χ0) is 34.9. The van der Waals surface area contributed by atoms with Crippen LogP contribution in [0.3, 0.4) is 0 Å². The zero-order valence-electron chi connectivity index (χ0n) is 28.8. The number of anilines is 3. The van der Waals surface area contributed by atoms with Gasteiger partial charge in [0, 0.05) is 55.7 Å². The molecule has 2 heterocycles. The van der Waals surface area contributed by atoms with Crippen LogP contribution in [0.4, 0.5) is 17.1 Å². The smallest absolute Gasteiger partial charge is 0.143 e. The van der Waals surface area contributed by atoms with E-state index in [1.807, 2.05) is 0 Å². The molecule has 0 spiro atoms. The summed E-state index contributed by atoms with van der Waals surface area (Å²) in [6, 6.07) is 69.8. The lowest BCUT2D eigenvalue weighted by Gasteiger charge is -2.26. The van der Waals surface area contributed by atoms with Crippen LogP contribution in [0.2, 0.25) is 0 Å². The molecule has 0 unspecified atom stereocenters. The zero-order valence-corrected chi connectivity index (χ0v) is 28.8. The summed E-state index contributed by atoms with van der Waals surface area (Å²) in [6.07, 6.45) is 0. The topological polar surface area (TPSA) is 21.3 Å². The van der Waals surface area contributed by atoms with Crippen molar-refractivity contribution in [1.29, 1.82) is 0 Å². The van der Waals surface area contributed by atoms with Gasteiger partial charge in [-0.15, -0.1) is 0 Å². The van der Waals surface area contributed by atoms with Crippen molar-refractivity contribution in [1.82, 2.24) is 4.57 Å². The molecular weight excluding hydrogens is 645 g/mol. The van der Waals surface area contributed by atoms with Crippen LogP contribution in [0.5, 0.6) is 0 Å². The maximum Gasteiger partial charge on any atom is 0.143 e. The summed E-state index contributed by atoms with van der Waals surface area (Å²) in [5.41, 5.74) is 10.9. The van der Waals surface area contributed by atoms with Gasteiger partial charge in [-0.05, 0) is 94.0 Å². The number of hydrogen-bond acceptors (Lipinski definition) is 2. The molecule has 0 aliphatic rings. The molecule has 0 fully saturated rings. The molecule has 0 amide bonds. The van der Waals surface area contributed by atoms with Gasteiger partial charge in [0.1, 0.15) is 11.2 Å². The quantitative estimate of drug-likeness (QED) is 0.181. The van der Waals surface area contributed by atoms with Gasteiger partial charge in [-0.2, -0.15) is 0 Å². The van der Waals surface area contributed by atoms with E-state index in [0.29, 0.717) is 0 Å². The predicted molar refractivity (Wildman–Crippen MR) is 223 cm³/mol. The van der Waals surface area contributed by atoms with Crippen LogP contribution in [0.15, 0.2) is 199 Å². The monoisotopic (exact) mass is 676 g/mol. The number of hydrogen-bond donors (Lipinski definition) is 0. The molecule has 0 aliphatic heterocycles. The Kier molecular flexibility index (Phi) is 6.55. The largest absolute Gasteiger partial charge is 0.455 e. The fourth-order valence-corrected chi connectivity index (χ4v) is 8.21. The van der Waals surface area contributed by atoms with Crippen molar-refractivity contribution in [3.63, 3.8) is 0 Å². The molecule has 11 rings (SSSR count). The van der Waals surface area contributed by atoms with Gasteiger partial charge < -0.3 is 13.9 Å². The van der Waals surface area contributed by atoms with E-state index in [4.69, 9.17) is 4.42 Å². The van der Waals surface area contributed by atoms with Crippen LogP contribution >= 0.6 is 0 Å². The Labute approximate surface area is 306 Å². The number of benzene rings is 9. The van der Waals surface area contributed by atoms with Crippen molar-refractivity contribution in [2.24, 2.45) is 0 Å². The van der Waals surface area contributed by atoms with Crippen molar-refractivity contribution in [3.8, 4) is 16.8 Å². The van der Waals surface area contributed by atoms with E-state index in [1.54, 1.807) is 0 Å². The highest BCUT2D eigenvalue weighted by molar-refractivity contribution is 6.15. The molecule has 0 N–H and O–H groups in total. The number of rotatable bonds is 5. The fourth-order valence-electron chi connectivity index (χ4n) is 8.21. The van der Waals surface area contributed by atoms with Crippen LogP contribution < -0.4 is 4.90 Å². The third kappa shape index (κ3) is 4.75. The molecule has 0 atom stereocenters. The maximum atomic E-state index is 6.67. The number of nitrogens with zero attached hydrogens (tertiary/aromatic N) is 2. The molecule has 3 nitrogen and oxygen atoms in total. The molecule has 3 heteroatoms.